The zero-order valence-corrected chi connectivity index (χ0v) is 17.2. The summed E-state index contributed by atoms with van der Waals surface area (Å²) in [5, 5.41) is 15.3. The van der Waals surface area contributed by atoms with Gasteiger partial charge in [0.2, 0.25) is 0 Å². The first-order chi connectivity index (χ1) is 15.4. The molecule has 0 aliphatic carbocycles. The molecule has 0 bridgehead atoms. The van der Waals surface area contributed by atoms with Crippen LogP contribution in [0.5, 0.6) is 0 Å². The Morgan fingerprint density at radius 3 is 2.38 bits per heavy atom. The van der Waals surface area contributed by atoms with E-state index in [1.165, 1.54) is 12.3 Å². The van der Waals surface area contributed by atoms with Crippen LogP contribution in [0, 0.1) is 0 Å². The Bertz CT molecular complexity index is 1330. The molecule has 32 heavy (non-hydrogen) atoms. The van der Waals surface area contributed by atoms with E-state index in [0.29, 0.717) is 0 Å². The van der Waals surface area contributed by atoms with Crippen LogP contribution in [-0.2, 0) is 6.54 Å². The minimum absolute atomic E-state index is 0.0818. The fraction of sp³-hybridized carbons (Fsp3) is 0.130. The van der Waals surface area contributed by atoms with Crippen LogP contribution in [0.3, 0.4) is 0 Å². The Balaban J connectivity index is 1.62. The first kappa shape index (κ1) is 20.9. The molecule has 2 amide bonds. The molecule has 4 aromatic rings. The number of carbonyl (C=O) groups excluding carboxylic acids is 1. The quantitative estimate of drug-likeness (QED) is 0.446. The van der Waals surface area contributed by atoms with Gasteiger partial charge in [0, 0.05) is 12.3 Å². The Kier molecular flexibility index (Phi) is 5.71. The van der Waals surface area contributed by atoms with E-state index in [1.54, 1.807) is 12.1 Å². The van der Waals surface area contributed by atoms with Gasteiger partial charge in [0.1, 0.15) is 5.82 Å². The van der Waals surface area contributed by atoms with Crippen molar-refractivity contribution < 1.29 is 14.7 Å². The predicted octanol–water partition coefficient (Wildman–Crippen LogP) is 3.66. The van der Waals surface area contributed by atoms with E-state index >= 15 is 0 Å². The lowest BCUT2D eigenvalue weighted by molar-refractivity contribution is 0.189. The smallest absolute Gasteiger partial charge is 0.431 e. The van der Waals surface area contributed by atoms with Gasteiger partial charge in [0.05, 0.1) is 23.5 Å². The molecule has 0 spiro atoms. The van der Waals surface area contributed by atoms with Crippen LogP contribution in [0.1, 0.15) is 24.1 Å². The van der Waals surface area contributed by atoms with Gasteiger partial charge in [-0.25, -0.2) is 19.3 Å². The van der Waals surface area contributed by atoms with Crippen LogP contribution in [0.2, 0.25) is 0 Å². The number of hydrogen-bond acceptors (Lipinski definition) is 4. The average Bonchev–Trinajstić information content (AvgIpc) is 3.06. The molecule has 0 saturated heterocycles. The minimum Gasteiger partial charge on any atom is -0.463 e. The average molecular weight is 431 g/mol. The summed E-state index contributed by atoms with van der Waals surface area (Å²) >= 11 is 0. The zero-order chi connectivity index (χ0) is 22.7. The number of carboxylic acid groups (broad SMARTS) is 1. The van der Waals surface area contributed by atoms with Crippen molar-refractivity contribution in [3.8, 4) is 0 Å². The number of carbonyl (C=O) groups is 2. The van der Waals surface area contributed by atoms with Crippen molar-refractivity contribution in [2.45, 2.75) is 19.5 Å². The lowest BCUT2D eigenvalue weighted by Crippen LogP contribution is -2.31. The number of fused-ring (bicyclic) bond motifs is 1. The summed E-state index contributed by atoms with van der Waals surface area (Å²) in [7, 11) is 0. The standard InChI is InChI=1S/C23H21N5O4/c1-15(17-10-6-3-7-11-17)25-22(30)26-20-12-19-18(13-24-20)21(29)27(28(19)23(31)32)14-16-8-4-2-5-9-16/h2-13,15H,14H2,1H3,(H,31,32)(H2,24,25,26,30). The molecule has 0 aliphatic heterocycles. The molecule has 9 nitrogen and oxygen atoms in total. The molecule has 2 aromatic carbocycles. The van der Waals surface area contributed by atoms with Gasteiger partial charge in [-0.05, 0) is 18.1 Å². The van der Waals surface area contributed by atoms with Gasteiger partial charge in [-0.1, -0.05) is 60.7 Å². The van der Waals surface area contributed by atoms with Gasteiger partial charge < -0.3 is 10.4 Å². The lowest BCUT2D eigenvalue weighted by atomic mass is 10.1. The summed E-state index contributed by atoms with van der Waals surface area (Å²) in [4.78, 5) is 41.3. The van der Waals surface area contributed by atoms with E-state index in [4.69, 9.17) is 0 Å². The van der Waals surface area contributed by atoms with Crippen LogP contribution >= 0.6 is 0 Å². The maximum absolute atomic E-state index is 12.8. The van der Waals surface area contributed by atoms with E-state index in [1.807, 2.05) is 55.5 Å². The molecule has 0 aliphatic rings. The normalized spacial score (nSPS) is 11.8. The summed E-state index contributed by atoms with van der Waals surface area (Å²) in [6.45, 7) is 1.93. The molecule has 3 N–H and O–H groups in total. The van der Waals surface area contributed by atoms with Crippen LogP contribution in [0.4, 0.5) is 15.4 Å². The monoisotopic (exact) mass is 431 g/mol. The molecule has 162 valence electrons. The zero-order valence-electron chi connectivity index (χ0n) is 17.2. The van der Waals surface area contributed by atoms with Crippen LogP contribution in [0.15, 0.2) is 77.7 Å². The molecule has 0 fully saturated rings. The van der Waals surface area contributed by atoms with E-state index < -0.39 is 17.7 Å². The maximum atomic E-state index is 12.8. The molecule has 2 aromatic heterocycles. The van der Waals surface area contributed by atoms with Gasteiger partial charge in [0.25, 0.3) is 5.56 Å². The Morgan fingerprint density at radius 1 is 1.06 bits per heavy atom. The minimum atomic E-state index is -1.31. The number of nitrogens with zero attached hydrogens (tertiary/aromatic N) is 3. The Labute approximate surface area is 182 Å². The van der Waals surface area contributed by atoms with Gasteiger partial charge >= 0.3 is 12.1 Å². The number of nitrogens with one attached hydrogen (secondary N) is 2. The van der Waals surface area contributed by atoms with Crippen molar-refractivity contribution in [2.75, 3.05) is 5.32 Å². The second-order valence-corrected chi connectivity index (χ2v) is 7.26. The Morgan fingerprint density at radius 2 is 1.72 bits per heavy atom. The van der Waals surface area contributed by atoms with E-state index in [2.05, 4.69) is 15.6 Å². The van der Waals surface area contributed by atoms with E-state index in [-0.39, 0.29) is 29.3 Å². The maximum Gasteiger partial charge on any atom is 0.431 e. The first-order valence-electron chi connectivity index (χ1n) is 9.95. The Hall–Kier alpha value is -4.40. The molecule has 1 unspecified atom stereocenters. The van der Waals surface area contributed by atoms with Crippen molar-refractivity contribution in [2.24, 2.45) is 0 Å². The third-order valence-electron chi connectivity index (χ3n) is 5.06. The van der Waals surface area contributed by atoms with Crippen molar-refractivity contribution >= 4 is 28.8 Å². The summed E-state index contributed by atoms with van der Waals surface area (Å²) < 4.78 is 2.01. The topological polar surface area (TPSA) is 118 Å². The highest BCUT2D eigenvalue weighted by molar-refractivity contribution is 5.93. The number of urea groups is 1. The SMILES string of the molecule is CC(NC(=O)Nc1cc2c(cn1)c(=O)n(Cc1ccccc1)n2C(=O)O)c1ccccc1. The third-order valence-corrected chi connectivity index (χ3v) is 5.06. The molecule has 2 heterocycles. The number of anilines is 1. The molecule has 4 rings (SSSR count). The highest BCUT2D eigenvalue weighted by Gasteiger charge is 2.20. The second kappa shape index (κ2) is 8.76. The second-order valence-electron chi connectivity index (χ2n) is 7.26. The summed E-state index contributed by atoms with van der Waals surface area (Å²) in [6.07, 6.45) is -0.0400. The van der Waals surface area contributed by atoms with Crippen LogP contribution in [0.25, 0.3) is 10.9 Å². The molecular formula is C23H21N5O4. The largest absolute Gasteiger partial charge is 0.463 e. The number of amides is 2. The fourth-order valence-corrected chi connectivity index (χ4v) is 3.49. The van der Waals surface area contributed by atoms with Gasteiger partial charge in [-0.2, -0.15) is 4.68 Å². The van der Waals surface area contributed by atoms with Crippen molar-refractivity contribution in [1.29, 1.82) is 0 Å². The van der Waals surface area contributed by atoms with Gasteiger partial charge in [-0.15, -0.1) is 0 Å². The highest BCUT2D eigenvalue weighted by Crippen LogP contribution is 2.17. The molecule has 1 atom stereocenters. The van der Waals surface area contributed by atoms with Crippen molar-refractivity contribution in [3.63, 3.8) is 0 Å². The summed E-state index contributed by atoms with van der Waals surface area (Å²) in [5.74, 6) is 0.127. The number of rotatable bonds is 5. The summed E-state index contributed by atoms with van der Waals surface area (Å²) in [6, 6.07) is 19.2. The van der Waals surface area contributed by atoms with Crippen LogP contribution in [-0.4, -0.2) is 31.6 Å². The lowest BCUT2D eigenvalue weighted by Gasteiger charge is -2.14. The number of aromatic nitrogens is 3. The number of hydrogen-bond donors (Lipinski definition) is 3. The van der Waals surface area contributed by atoms with Crippen molar-refractivity contribution in [3.05, 3.63) is 94.4 Å². The van der Waals surface area contributed by atoms with E-state index in [9.17, 15) is 19.5 Å². The van der Waals surface area contributed by atoms with Crippen LogP contribution < -0.4 is 16.2 Å². The first-order valence-corrected chi connectivity index (χ1v) is 9.95. The fourth-order valence-electron chi connectivity index (χ4n) is 3.49. The molecule has 0 radical (unpaired) electrons. The molecule has 0 saturated carbocycles. The molecular weight excluding hydrogens is 410 g/mol. The number of pyridine rings is 1. The number of benzene rings is 2. The summed E-state index contributed by atoms with van der Waals surface area (Å²) in [5.41, 5.74) is 1.37. The highest BCUT2D eigenvalue weighted by atomic mass is 16.4. The van der Waals surface area contributed by atoms with Gasteiger partial charge in [0.15, 0.2) is 0 Å². The van der Waals surface area contributed by atoms with Crippen molar-refractivity contribution in [1.82, 2.24) is 19.7 Å². The van der Waals surface area contributed by atoms with E-state index in [0.717, 1.165) is 20.5 Å². The molecule has 9 heteroatoms. The third kappa shape index (κ3) is 4.22. The van der Waals surface area contributed by atoms with Gasteiger partial charge in [-0.3, -0.25) is 10.1 Å². The predicted molar refractivity (Wildman–Crippen MR) is 120 cm³/mol.